The molecule has 1 aliphatic rings. The van der Waals surface area contributed by atoms with E-state index in [1.807, 2.05) is 45.7 Å². The number of imidazole rings is 1. The Labute approximate surface area is 163 Å². The van der Waals surface area contributed by atoms with E-state index in [1.54, 1.807) is 0 Å². The first-order chi connectivity index (χ1) is 13.4. The maximum atomic E-state index is 13.2. The first kappa shape index (κ1) is 18.5. The van der Waals surface area contributed by atoms with E-state index in [0.29, 0.717) is 31.0 Å². The van der Waals surface area contributed by atoms with Crippen molar-refractivity contribution in [3.63, 3.8) is 0 Å². The smallest absolute Gasteiger partial charge is 0.276 e. The molecule has 1 atom stereocenters. The molecule has 1 saturated heterocycles. The lowest BCUT2D eigenvalue weighted by Gasteiger charge is -2.18. The van der Waals surface area contributed by atoms with Gasteiger partial charge in [-0.3, -0.25) is 4.79 Å². The van der Waals surface area contributed by atoms with Crippen LogP contribution in [0.1, 0.15) is 62.8 Å². The molecule has 1 amide bonds. The minimum atomic E-state index is -0.0865. The third kappa shape index (κ3) is 3.02. The highest BCUT2D eigenvalue weighted by atomic mass is 16.5. The molecule has 1 fully saturated rings. The lowest BCUT2D eigenvalue weighted by Crippen LogP contribution is -2.30. The molecule has 148 valence electrons. The van der Waals surface area contributed by atoms with Crippen LogP contribution >= 0.6 is 0 Å². The summed E-state index contributed by atoms with van der Waals surface area (Å²) in [4.78, 5) is 19.4. The van der Waals surface area contributed by atoms with Gasteiger partial charge in [0.1, 0.15) is 17.3 Å². The Hall–Kier alpha value is -2.90. The monoisotopic (exact) mass is 383 g/mol. The Morgan fingerprint density at radius 3 is 2.46 bits per heavy atom. The summed E-state index contributed by atoms with van der Waals surface area (Å²) >= 11 is 0. The molecular formula is C20H25N5O3. The van der Waals surface area contributed by atoms with Gasteiger partial charge in [0.2, 0.25) is 0 Å². The van der Waals surface area contributed by atoms with Crippen LogP contribution in [-0.2, 0) is 6.42 Å². The van der Waals surface area contributed by atoms with Gasteiger partial charge in [-0.25, -0.2) is 4.98 Å². The summed E-state index contributed by atoms with van der Waals surface area (Å²) in [5.74, 6) is 2.30. The number of carbonyl (C=O) groups excluding carboxylic acids is 1. The molecule has 28 heavy (non-hydrogen) atoms. The minimum absolute atomic E-state index is 0.0865. The van der Waals surface area contributed by atoms with Crippen molar-refractivity contribution in [2.45, 2.75) is 53.5 Å². The normalized spacial score (nSPS) is 16.9. The van der Waals surface area contributed by atoms with Crippen LogP contribution in [0.4, 0.5) is 0 Å². The second-order valence-corrected chi connectivity index (χ2v) is 7.56. The summed E-state index contributed by atoms with van der Waals surface area (Å²) < 4.78 is 12.8. The van der Waals surface area contributed by atoms with Gasteiger partial charge in [0.15, 0.2) is 5.69 Å². The van der Waals surface area contributed by atoms with Gasteiger partial charge in [0.25, 0.3) is 5.91 Å². The SMILES string of the molecule is Cc1noc(C)c1Cc1c(C(=O)N2CCC(n3c(C)cnc3C)C2)noc1C. The van der Waals surface area contributed by atoms with Crippen molar-refractivity contribution in [1.29, 1.82) is 0 Å². The summed E-state index contributed by atoms with van der Waals surface area (Å²) in [6, 6.07) is 0.241. The van der Waals surface area contributed by atoms with E-state index in [-0.39, 0.29) is 11.9 Å². The van der Waals surface area contributed by atoms with Gasteiger partial charge in [-0.2, -0.15) is 0 Å². The third-order valence-electron chi connectivity index (χ3n) is 5.70. The van der Waals surface area contributed by atoms with E-state index < -0.39 is 0 Å². The number of nitrogens with zero attached hydrogens (tertiary/aromatic N) is 5. The average Bonchev–Trinajstić information content (AvgIpc) is 3.41. The Morgan fingerprint density at radius 1 is 1.11 bits per heavy atom. The number of hydrogen-bond acceptors (Lipinski definition) is 6. The average molecular weight is 383 g/mol. The summed E-state index contributed by atoms with van der Waals surface area (Å²) in [5, 5.41) is 8.09. The van der Waals surface area contributed by atoms with Crippen LogP contribution in [0, 0.1) is 34.6 Å². The van der Waals surface area contributed by atoms with Crippen LogP contribution in [0.15, 0.2) is 15.2 Å². The molecule has 3 aromatic rings. The van der Waals surface area contributed by atoms with Gasteiger partial charge in [0.05, 0.1) is 11.7 Å². The Morgan fingerprint density at radius 2 is 1.82 bits per heavy atom. The lowest BCUT2D eigenvalue weighted by atomic mass is 10.0. The van der Waals surface area contributed by atoms with Crippen LogP contribution in [0.25, 0.3) is 0 Å². The summed E-state index contributed by atoms with van der Waals surface area (Å²) in [7, 11) is 0. The number of aromatic nitrogens is 4. The zero-order valence-electron chi connectivity index (χ0n) is 16.9. The molecule has 0 radical (unpaired) electrons. The number of hydrogen-bond donors (Lipinski definition) is 0. The predicted octanol–water partition coefficient (Wildman–Crippen LogP) is 3.08. The second kappa shape index (κ2) is 6.92. The standard InChI is InChI=1S/C20H25N5O3/c1-11-9-21-15(5)25(11)16-6-7-24(10-16)20(26)19-18(14(4)28-23-19)8-17-12(2)22-27-13(17)3/h9,16H,6-8,10H2,1-5H3. The quantitative estimate of drug-likeness (QED) is 0.688. The summed E-state index contributed by atoms with van der Waals surface area (Å²) in [5.41, 5.74) is 4.11. The predicted molar refractivity (Wildman–Crippen MR) is 101 cm³/mol. The van der Waals surface area contributed by atoms with Gasteiger partial charge in [-0.15, -0.1) is 0 Å². The fourth-order valence-electron chi connectivity index (χ4n) is 4.10. The molecule has 0 saturated carbocycles. The topological polar surface area (TPSA) is 90.2 Å². The van der Waals surface area contributed by atoms with E-state index in [4.69, 9.17) is 9.05 Å². The highest BCUT2D eigenvalue weighted by molar-refractivity contribution is 5.94. The van der Waals surface area contributed by atoms with E-state index in [2.05, 4.69) is 19.9 Å². The molecule has 3 aromatic heterocycles. The number of likely N-dealkylation sites (tertiary alicyclic amines) is 1. The molecule has 8 heteroatoms. The van der Waals surface area contributed by atoms with Crippen LogP contribution < -0.4 is 0 Å². The lowest BCUT2D eigenvalue weighted by molar-refractivity contribution is 0.0776. The molecule has 0 aromatic carbocycles. The zero-order valence-corrected chi connectivity index (χ0v) is 16.9. The van der Waals surface area contributed by atoms with Crippen molar-refractivity contribution < 1.29 is 13.8 Å². The zero-order chi connectivity index (χ0) is 20.0. The molecule has 0 N–H and O–H groups in total. The second-order valence-electron chi connectivity index (χ2n) is 7.56. The van der Waals surface area contributed by atoms with Gasteiger partial charge >= 0.3 is 0 Å². The Balaban J connectivity index is 1.57. The van der Waals surface area contributed by atoms with Crippen molar-refractivity contribution >= 4 is 5.91 Å². The molecule has 4 heterocycles. The molecule has 1 aliphatic heterocycles. The maximum Gasteiger partial charge on any atom is 0.276 e. The van der Waals surface area contributed by atoms with E-state index in [1.165, 1.54) is 0 Å². The Bertz CT molecular complexity index is 990. The first-order valence-corrected chi connectivity index (χ1v) is 9.53. The number of aryl methyl sites for hydroxylation is 5. The van der Waals surface area contributed by atoms with Gasteiger partial charge in [-0.1, -0.05) is 10.3 Å². The minimum Gasteiger partial charge on any atom is -0.361 e. The van der Waals surface area contributed by atoms with Crippen molar-refractivity contribution in [3.05, 3.63) is 51.8 Å². The summed E-state index contributed by atoms with van der Waals surface area (Å²) in [6.45, 7) is 11.0. The van der Waals surface area contributed by atoms with Gasteiger partial charge in [-0.05, 0) is 41.0 Å². The van der Waals surface area contributed by atoms with Crippen molar-refractivity contribution in [2.24, 2.45) is 0 Å². The highest BCUT2D eigenvalue weighted by Gasteiger charge is 2.33. The highest BCUT2D eigenvalue weighted by Crippen LogP contribution is 2.28. The molecule has 0 spiro atoms. The van der Waals surface area contributed by atoms with Crippen molar-refractivity contribution in [1.82, 2.24) is 24.8 Å². The largest absolute Gasteiger partial charge is 0.361 e. The fraction of sp³-hybridized carbons (Fsp3) is 0.500. The van der Waals surface area contributed by atoms with Crippen LogP contribution in [0.3, 0.4) is 0 Å². The van der Waals surface area contributed by atoms with Crippen LogP contribution in [0.2, 0.25) is 0 Å². The Kier molecular flexibility index (Phi) is 4.56. The molecular weight excluding hydrogens is 358 g/mol. The first-order valence-electron chi connectivity index (χ1n) is 9.53. The fourth-order valence-corrected chi connectivity index (χ4v) is 4.10. The molecule has 0 bridgehead atoms. The van der Waals surface area contributed by atoms with Gasteiger partial charge in [0, 0.05) is 42.5 Å². The molecule has 1 unspecified atom stereocenters. The van der Waals surface area contributed by atoms with Crippen LogP contribution in [0.5, 0.6) is 0 Å². The number of carbonyl (C=O) groups is 1. The van der Waals surface area contributed by atoms with E-state index >= 15 is 0 Å². The van der Waals surface area contributed by atoms with E-state index in [9.17, 15) is 4.79 Å². The molecule has 8 nitrogen and oxygen atoms in total. The van der Waals surface area contributed by atoms with Gasteiger partial charge < -0.3 is 18.5 Å². The number of amides is 1. The van der Waals surface area contributed by atoms with Crippen molar-refractivity contribution in [3.8, 4) is 0 Å². The molecule has 4 rings (SSSR count). The third-order valence-corrected chi connectivity index (χ3v) is 5.70. The number of rotatable bonds is 4. The maximum absolute atomic E-state index is 13.2. The molecule has 0 aliphatic carbocycles. The van der Waals surface area contributed by atoms with Crippen molar-refractivity contribution in [2.75, 3.05) is 13.1 Å². The van der Waals surface area contributed by atoms with E-state index in [0.717, 1.165) is 40.5 Å². The summed E-state index contributed by atoms with van der Waals surface area (Å²) in [6.07, 6.45) is 3.30. The van der Waals surface area contributed by atoms with Crippen LogP contribution in [-0.4, -0.2) is 43.8 Å².